The van der Waals surface area contributed by atoms with Crippen molar-refractivity contribution in [3.63, 3.8) is 0 Å². The van der Waals surface area contributed by atoms with Crippen LogP contribution in [0, 0.1) is 0 Å². The van der Waals surface area contributed by atoms with Gasteiger partial charge in [-0.3, -0.25) is 13.9 Å². The summed E-state index contributed by atoms with van der Waals surface area (Å²) in [6.07, 6.45) is 0.624. The second-order valence-electron chi connectivity index (χ2n) is 8.45. The Morgan fingerprint density at radius 1 is 1.06 bits per heavy atom. The Labute approximate surface area is 205 Å². The number of hydrogen-bond donors (Lipinski definition) is 1. The molecule has 0 fully saturated rings. The highest BCUT2D eigenvalue weighted by Gasteiger charge is 2.36. The number of sulfonamides is 1. The number of carbonyl (C=O) groups is 2. The van der Waals surface area contributed by atoms with Crippen molar-refractivity contribution < 1.29 is 22.7 Å². The third-order valence-electron chi connectivity index (χ3n) is 5.86. The van der Waals surface area contributed by atoms with Gasteiger partial charge >= 0.3 is 0 Å². The van der Waals surface area contributed by atoms with Crippen LogP contribution in [0.4, 0.5) is 11.4 Å². The van der Waals surface area contributed by atoms with Crippen molar-refractivity contribution in [2.75, 3.05) is 30.3 Å². The minimum atomic E-state index is -3.88. The summed E-state index contributed by atoms with van der Waals surface area (Å²) < 4.78 is 33.6. The molecule has 0 radical (unpaired) electrons. The van der Waals surface area contributed by atoms with Gasteiger partial charge in [-0.05, 0) is 55.3 Å². The van der Waals surface area contributed by atoms with E-state index in [4.69, 9.17) is 4.74 Å². The van der Waals surface area contributed by atoms with E-state index >= 15 is 0 Å². The SMILES string of the molecule is COc1cccc(NC(=O)CN(C)C(=O)c2cccc(S(=O)(=O)N3c4ccccc4CC3C)c2)c1. The number of carbonyl (C=O) groups excluding carboxylic acids is 2. The van der Waals surface area contributed by atoms with E-state index in [2.05, 4.69) is 5.32 Å². The second-order valence-corrected chi connectivity index (χ2v) is 10.3. The maximum atomic E-state index is 13.5. The first-order chi connectivity index (χ1) is 16.7. The number of amides is 2. The molecule has 0 aliphatic carbocycles. The Morgan fingerprint density at radius 3 is 2.57 bits per heavy atom. The minimum Gasteiger partial charge on any atom is -0.497 e. The van der Waals surface area contributed by atoms with Gasteiger partial charge < -0.3 is 15.0 Å². The maximum Gasteiger partial charge on any atom is 0.264 e. The number of hydrogen-bond acceptors (Lipinski definition) is 5. The van der Waals surface area contributed by atoms with Gasteiger partial charge in [0.25, 0.3) is 15.9 Å². The molecule has 3 aromatic carbocycles. The van der Waals surface area contributed by atoms with E-state index in [1.54, 1.807) is 36.4 Å². The van der Waals surface area contributed by atoms with Crippen molar-refractivity contribution in [2.45, 2.75) is 24.3 Å². The van der Waals surface area contributed by atoms with Gasteiger partial charge in [-0.1, -0.05) is 30.3 Å². The number of anilines is 2. The van der Waals surface area contributed by atoms with Gasteiger partial charge in [0.1, 0.15) is 5.75 Å². The summed E-state index contributed by atoms with van der Waals surface area (Å²) >= 11 is 0. The Hall–Kier alpha value is -3.85. The van der Waals surface area contributed by atoms with Gasteiger partial charge in [0.05, 0.1) is 24.2 Å². The van der Waals surface area contributed by atoms with Crippen LogP contribution in [0.3, 0.4) is 0 Å². The summed E-state index contributed by atoms with van der Waals surface area (Å²) in [5, 5.41) is 2.73. The topological polar surface area (TPSA) is 96.0 Å². The quantitative estimate of drug-likeness (QED) is 0.543. The van der Waals surface area contributed by atoms with Crippen LogP contribution in [0.5, 0.6) is 5.75 Å². The normalized spacial score (nSPS) is 14.8. The number of methoxy groups -OCH3 is 1. The molecule has 0 spiro atoms. The van der Waals surface area contributed by atoms with Crippen LogP contribution in [0.15, 0.2) is 77.7 Å². The van der Waals surface area contributed by atoms with E-state index in [0.717, 1.165) is 5.56 Å². The van der Waals surface area contributed by atoms with Crippen molar-refractivity contribution in [3.8, 4) is 5.75 Å². The zero-order valence-corrected chi connectivity index (χ0v) is 20.6. The number of rotatable bonds is 7. The highest BCUT2D eigenvalue weighted by atomic mass is 32.2. The van der Waals surface area contributed by atoms with Gasteiger partial charge in [0.15, 0.2) is 0 Å². The predicted molar refractivity (Wildman–Crippen MR) is 134 cm³/mol. The third kappa shape index (κ3) is 5.00. The van der Waals surface area contributed by atoms with E-state index in [9.17, 15) is 18.0 Å². The predicted octanol–water partition coefficient (Wildman–Crippen LogP) is 3.55. The van der Waals surface area contributed by atoms with Crippen LogP contribution in [0.2, 0.25) is 0 Å². The summed E-state index contributed by atoms with van der Waals surface area (Å²) in [4.78, 5) is 26.8. The van der Waals surface area contributed by atoms with Crippen LogP contribution in [0.25, 0.3) is 0 Å². The largest absolute Gasteiger partial charge is 0.497 e. The molecule has 35 heavy (non-hydrogen) atoms. The monoisotopic (exact) mass is 493 g/mol. The molecule has 0 bridgehead atoms. The number of nitrogens with zero attached hydrogens (tertiary/aromatic N) is 2. The molecule has 9 heteroatoms. The number of benzene rings is 3. The molecule has 0 aromatic heterocycles. The van der Waals surface area contributed by atoms with Crippen molar-refractivity contribution >= 4 is 33.2 Å². The molecule has 1 aliphatic heterocycles. The molecule has 1 heterocycles. The van der Waals surface area contributed by atoms with Crippen molar-refractivity contribution in [3.05, 3.63) is 83.9 Å². The lowest BCUT2D eigenvalue weighted by molar-refractivity contribution is -0.116. The molecule has 0 saturated heterocycles. The highest BCUT2D eigenvalue weighted by molar-refractivity contribution is 7.92. The summed E-state index contributed by atoms with van der Waals surface area (Å²) in [6, 6.07) is 20.0. The number of likely N-dealkylation sites (N-methyl/N-ethyl adjacent to an activating group) is 1. The summed E-state index contributed by atoms with van der Waals surface area (Å²) in [5.74, 6) is -0.252. The molecule has 4 rings (SSSR count). The lowest BCUT2D eigenvalue weighted by Gasteiger charge is -2.25. The maximum absolute atomic E-state index is 13.5. The third-order valence-corrected chi connectivity index (χ3v) is 7.79. The van der Waals surface area contributed by atoms with Crippen LogP contribution in [0.1, 0.15) is 22.8 Å². The van der Waals surface area contributed by atoms with Crippen LogP contribution < -0.4 is 14.4 Å². The van der Waals surface area contributed by atoms with Crippen molar-refractivity contribution in [1.82, 2.24) is 4.90 Å². The minimum absolute atomic E-state index is 0.0288. The first kappa shape index (κ1) is 24.3. The average Bonchev–Trinajstić information content (AvgIpc) is 3.20. The number of fused-ring (bicyclic) bond motifs is 1. The summed E-state index contributed by atoms with van der Waals surface area (Å²) in [5.41, 5.74) is 2.35. The van der Waals surface area contributed by atoms with Gasteiger partial charge in [-0.25, -0.2) is 8.42 Å². The molecule has 1 aliphatic rings. The van der Waals surface area contributed by atoms with E-state index < -0.39 is 15.9 Å². The summed E-state index contributed by atoms with van der Waals surface area (Å²) in [7, 11) is -0.856. The first-order valence-corrected chi connectivity index (χ1v) is 12.6. The zero-order chi connectivity index (χ0) is 25.2. The van der Waals surface area contributed by atoms with Crippen LogP contribution >= 0.6 is 0 Å². The molecular weight excluding hydrogens is 466 g/mol. The lowest BCUT2D eigenvalue weighted by Crippen LogP contribution is -2.36. The average molecular weight is 494 g/mol. The van der Waals surface area contributed by atoms with Gasteiger partial charge in [-0.2, -0.15) is 0 Å². The fraction of sp³-hybridized carbons (Fsp3) is 0.231. The molecule has 1 unspecified atom stereocenters. The van der Waals surface area contributed by atoms with Crippen molar-refractivity contribution in [2.24, 2.45) is 0 Å². The molecule has 1 atom stereocenters. The molecular formula is C26H27N3O5S. The number of ether oxygens (including phenoxy) is 1. The van der Waals surface area contributed by atoms with Crippen LogP contribution in [-0.4, -0.2) is 51.9 Å². The van der Waals surface area contributed by atoms with Crippen molar-refractivity contribution in [1.29, 1.82) is 0 Å². The molecule has 182 valence electrons. The Morgan fingerprint density at radius 2 is 1.80 bits per heavy atom. The number of nitrogens with one attached hydrogen (secondary N) is 1. The standard InChI is InChI=1S/C26H27N3O5S/c1-18-14-19-8-4-5-13-24(19)29(18)35(32,33)23-12-6-9-20(15-23)26(31)28(2)17-25(30)27-21-10-7-11-22(16-21)34-3/h4-13,15-16,18H,14,17H2,1-3H3,(H,27,30). The molecule has 1 N–H and O–H groups in total. The van der Waals surface area contributed by atoms with Gasteiger partial charge in [0.2, 0.25) is 5.91 Å². The fourth-order valence-corrected chi connectivity index (χ4v) is 5.95. The van der Waals surface area contributed by atoms with E-state index in [0.29, 0.717) is 23.5 Å². The first-order valence-electron chi connectivity index (χ1n) is 11.1. The zero-order valence-electron chi connectivity index (χ0n) is 19.8. The molecule has 0 saturated carbocycles. The molecule has 3 aromatic rings. The summed E-state index contributed by atoms with van der Waals surface area (Å²) in [6.45, 7) is 1.66. The Bertz CT molecular complexity index is 1370. The lowest BCUT2D eigenvalue weighted by atomic mass is 10.1. The van der Waals surface area contributed by atoms with Gasteiger partial charge in [-0.15, -0.1) is 0 Å². The Balaban J connectivity index is 1.50. The number of para-hydroxylation sites is 1. The molecule has 2 amide bonds. The molecule has 8 nitrogen and oxygen atoms in total. The van der Waals surface area contributed by atoms with E-state index in [1.165, 1.54) is 41.6 Å². The second kappa shape index (κ2) is 9.79. The highest BCUT2D eigenvalue weighted by Crippen LogP contribution is 2.36. The Kier molecular flexibility index (Phi) is 6.79. The van der Waals surface area contributed by atoms with Gasteiger partial charge in [0, 0.05) is 30.4 Å². The van der Waals surface area contributed by atoms with E-state index in [-0.39, 0.29) is 29.0 Å². The van der Waals surface area contributed by atoms with Crippen LogP contribution in [-0.2, 0) is 21.2 Å². The van der Waals surface area contributed by atoms with E-state index in [1.807, 2.05) is 25.1 Å². The smallest absolute Gasteiger partial charge is 0.264 e. The fourth-order valence-electron chi connectivity index (χ4n) is 4.22.